The number of likely N-dealkylation sites (tertiary alicyclic amines) is 1. The van der Waals surface area contributed by atoms with Gasteiger partial charge in [0.2, 0.25) is 5.43 Å². The van der Waals surface area contributed by atoms with Crippen LogP contribution in [0.3, 0.4) is 0 Å². The number of hydrogen-bond acceptors (Lipinski definition) is 5. The van der Waals surface area contributed by atoms with Crippen molar-refractivity contribution in [1.29, 1.82) is 0 Å². The summed E-state index contributed by atoms with van der Waals surface area (Å²) in [5.41, 5.74) is 0.532. The zero-order chi connectivity index (χ0) is 15.9. The minimum atomic E-state index is -0.348. The van der Waals surface area contributed by atoms with Crippen LogP contribution in [-0.4, -0.2) is 52.6 Å². The molecular weight excluding hydrogens is 284 g/mol. The van der Waals surface area contributed by atoms with Gasteiger partial charge in [-0.25, -0.2) is 0 Å². The van der Waals surface area contributed by atoms with Crippen molar-refractivity contribution in [1.82, 2.24) is 9.47 Å². The minimum Gasteiger partial charge on any atom is -0.503 e. The van der Waals surface area contributed by atoms with Gasteiger partial charge in [0.15, 0.2) is 5.75 Å². The Balaban J connectivity index is 2.18. The molecule has 1 aromatic heterocycles. The lowest BCUT2D eigenvalue weighted by Gasteiger charge is -2.36. The maximum Gasteiger partial charge on any atom is 0.223 e. The average Bonchev–Trinajstić information content (AvgIpc) is 2.51. The molecule has 2 heterocycles. The van der Waals surface area contributed by atoms with Crippen LogP contribution in [0.1, 0.15) is 31.4 Å². The summed E-state index contributed by atoms with van der Waals surface area (Å²) in [7, 11) is 1.63. The Kier molecular flexibility index (Phi) is 6.42. The lowest BCUT2D eigenvalue weighted by atomic mass is 9.99. The quantitative estimate of drug-likeness (QED) is 0.784. The minimum absolute atomic E-state index is 0.188. The van der Waals surface area contributed by atoms with Gasteiger partial charge in [-0.05, 0) is 25.8 Å². The maximum atomic E-state index is 11.8. The molecule has 1 unspecified atom stereocenters. The first-order chi connectivity index (χ1) is 10.7. The molecule has 0 bridgehead atoms. The maximum absolute atomic E-state index is 11.8. The fraction of sp³-hybridized carbons (Fsp3) is 0.688. The van der Waals surface area contributed by atoms with E-state index in [0.29, 0.717) is 25.7 Å². The van der Waals surface area contributed by atoms with Crippen LogP contribution < -0.4 is 5.43 Å². The predicted molar refractivity (Wildman–Crippen MR) is 84.0 cm³/mol. The Morgan fingerprint density at radius 1 is 1.41 bits per heavy atom. The molecule has 1 atom stereocenters. The van der Waals surface area contributed by atoms with Crippen LogP contribution in [-0.2, 0) is 17.8 Å². The summed E-state index contributed by atoms with van der Waals surface area (Å²) in [6.45, 7) is 2.94. The molecule has 1 fully saturated rings. The smallest absolute Gasteiger partial charge is 0.223 e. The number of aliphatic hydroxyl groups is 1. The number of hydrogen-bond donors (Lipinski definition) is 2. The lowest BCUT2D eigenvalue weighted by molar-refractivity contribution is 0.108. The highest BCUT2D eigenvalue weighted by Crippen LogP contribution is 2.22. The summed E-state index contributed by atoms with van der Waals surface area (Å²) in [5, 5.41) is 18.9. The van der Waals surface area contributed by atoms with Crippen molar-refractivity contribution in [3.05, 3.63) is 28.2 Å². The van der Waals surface area contributed by atoms with Crippen LogP contribution in [0.25, 0.3) is 0 Å². The molecule has 124 valence electrons. The van der Waals surface area contributed by atoms with Crippen molar-refractivity contribution in [2.24, 2.45) is 0 Å². The first-order valence-electron chi connectivity index (χ1n) is 7.92. The van der Waals surface area contributed by atoms with E-state index in [2.05, 4.69) is 4.90 Å². The van der Waals surface area contributed by atoms with Gasteiger partial charge in [0, 0.05) is 44.6 Å². The van der Waals surface area contributed by atoms with Gasteiger partial charge in [0.25, 0.3) is 0 Å². The number of rotatable bonds is 7. The van der Waals surface area contributed by atoms with E-state index in [1.54, 1.807) is 7.11 Å². The van der Waals surface area contributed by atoms with E-state index in [1.807, 2.05) is 4.57 Å². The second kappa shape index (κ2) is 8.31. The van der Waals surface area contributed by atoms with Crippen LogP contribution in [0.15, 0.2) is 17.1 Å². The first-order valence-corrected chi connectivity index (χ1v) is 7.92. The van der Waals surface area contributed by atoms with Crippen molar-refractivity contribution in [3.8, 4) is 5.75 Å². The summed E-state index contributed by atoms with van der Waals surface area (Å²) < 4.78 is 6.97. The highest BCUT2D eigenvalue weighted by molar-refractivity contribution is 5.20. The van der Waals surface area contributed by atoms with Crippen LogP contribution in [0.2, 0.25) is 0 Å². The fourth-order valence-corrected chi connectivity index (χ4v) is 3.09. The van der Waals surface area contributed by atoms with Gasteiger partial charge in [-0.15, -0.1) is 0 Å². The highest BCUT2D eigenvalue weighted by Gasteiger charge is 2.23. The molecular formula is C16H26N2O4. The molecule has 0 radical (unpaired) electrons. The molecule has 0 aromatic carbocycles. The number of aromatic hydroxyl groups is 1. The van der Waals surface area contributed by atoms with Gasteiger partial charge in [-0.3, -0.25) is 9.69 Å². The third kappa shape index (κ3) is 4.32. The Morgan fingerprint density at radius 3 is 2.95 bits per heavy atom. The first kappa shape index (κ1) is 17.0. The molecule has 6 heteroatoms. The molecule has 6 nitrogen and oxygen atoms in total. The number of aromatic nitrogens is 1. The van der Waals surface area contributed by atoms with E-state index in [9.17, 15) is 15.0 Å². The summed E-state index contributed by atoms with van der Waals surface area (Å²) in [5.74, 6) is -0.231. The van der Waals surface area contributed by atoms with E-state index in [0.717, 1.165) is 31.5 Å². The Morgan fingerprint density at radius 2 is 2.23 bits per heavy atom. The monoisotopic (exact) mass is 310 g/mol. The second-order valence-corrected chi connectivity index (χ2v) is 5.83. The number of piperidine rings is 1. The van der Waals surface area contributed by atoms with Crippen molar-refractivity contribution in [3.63, 3.8) is 0 Å². The van der Waals surface area contributed by atoms with Gasteiger partial charge in [0.1, 0.15) is 0 Å². The lowest BCUT2D eigenvalue weighted by Crippen LogP contribution is -2.40. The van der Waals surface area contributed by atoms with E-state index < -0.39 is 0 Å². The van der Waals surface area contributed by atoms with E-state index >= 15 is 0 Å². The molecule has 22 heavy (non-hydrogen) atoms. The molecule has 1 aromatic rings. The zero-order valence-corrected chi connectivity index (χ0v) is 13.2. The van der Waals surface area contributed by atoms with Crippen LogP contribution in [0.4, 0.5) is 0 Å². The number of aliphatic hydroxyl groups excluding tert-OH is 1. The number of pyridine rings is 1. The predicted octanol–water partition coefficient (Wildman–Crippen LogP) is 0.937. The summed E-state index contributed by atoms with van der Waals surface area (Å²) >= 11 is 0. The Hall–Kier alpha value is -1.37. The zero-order valence-electron chi connectivity index (χ0n) is 13.2. The van der Waals surface area contributed by atoms with Crippen molar-refractivity contribution in [2.75, 3.05) is 26.9 Å². The Labute approximate surface area is 130 Å². The molecule has 0 saturated carbocycles. The van der Waals surface area contributed by atoms with Crippen LogP contribution in [0.5, 0.6) is 5.75 Å². The number of methoxy groups -OCH3 is 1. The molecule has 2 N–H and O–H groups in total. The van der Waals surface area contributed by atoms with Crippen molar-refractivity contribution >= 4 is 0 Å². The standard InChI is InChI=1S/C16H26N2O4/c1-22-9-7-18-12-16(21)15(20)10-14(18)11-17-6-3-2-4-13(17)5-8-19/h10,12-13,19,21H,2-9,11H2,1H3. The van der Waals surface area contributed by atoms with Gasteiger partial charge >= 0.3 is 0 Å². The number of nitrogens with zero attached hydrogens (tertiary/aromatic N) is 2. The summed E-state index contributed by atoms with van der Waals surface area (Å²) in [6.07, 6.45) is 5.67. The topological polar surface area (TPSA) is 74.9 Å². The van der Waals surface area contributed by atoms with E-state index in [4.69, 9.17) is 4.74 Å². The second-order valence-electron chi connectivity index (χ2n) is 5.83. The highest BCUT2D eigenvalue weighted by atomic mass is 16.5. The SMILES string of the molecule is COCCn1cc(O)c(=O)cc1CN1CCCCC1CCO. The van der Waals surface area contributed by atoms with E-state index in [1.165, 1.54) is 18.7 Å². The molecule has 1 saturated heterocycles. The summed E-state index contributed by atoms with van der Waals surface area (Å²) in [6, 6.07) is 1.87. The molecule has 1 aliphatic rings. The molecule has 0 spiro atoms. The normalized spacial score (nSPS) is 19.5. The third-order valence-corrected chi connectivity index (χ3v) is 4.31. The van der Waals surface area contributed by atoms with Gasteiger partial charge in [-0.2, -0.15) is 0 Å². The van der Waals surface area contributed by atoms with Gasteiger partial charge in [-0.1, -0.05) is 6.42 Å². The molecule has 0 amide bonds. The largest absolute Gasteiger partial charge is 0.503 e. The van der Waals surface area contributed by atoms with Gasteiger partial charge in [0.05, 0.1) is 12.8 Å². The third-order valence-electron chi connectivity index (χ3n) is 4.31. The fourth-order valence-electron chi connectivity index (χ4n) is 3.09. The molecule has 0 aliphatic carbocycles. The number of ether oxygens (including phenoxy) is 1. The summed E-state index contributed by atoms with van der Waals surface area (Å²) in [4.78, 5) is 14.1. The molecule has 1 aliphatic heterocycles. The van der Waals surface area contributed by atoms with Crippen molar-refractivity contribution < 1.29 is 14.9 Å². The average molecular weight is 310 g/mol. The van der Waals surface area contributed by atoms with Crippen LogP contribution >= 0.6 is 0 Å². The molecule has 2 rings (SSSR count). The van der Waals surface area contributed by atoms with Crippen LogP contribution in [0, 0.1) is 0 Å². The Bertz CT molecular complexity index is 527. The van der Waals surface area contributed by atoms with Gasteiger partial charge < -0.3 is 19.5 Å². The van der Waals surface area contributed by atoms with Crippen molar-refractivity contribution in [2.45, 2.75) is 44.8 Å². The van der Waals surface area contributed by atoms with E-state index in [-0.39, 0.29) is 17.8 Å².